The van der Waals surface area contributed by atoms with Crippen molar-refractivity contribution in [2.75, 3.05) is 7.05 Å². The predicted octanol–water partition coefficient (Wildman–Crippen LogP) is 2.88. The highest BCUT2D eigenvalue weighted by Crippen LogP contribution is 2.21. The molecule has 2 aromatic carbocycles. The molecule has 2 aromatic rings. The van der Waals surface area contributed by atoms with Crippen LogP contribution in [0.5, 0.6) is 0 Å². The molecular weight excluding hydrogens is 250 g/mol. The molecule has 0 aliphatic carbocycles. The van der Waals surface area contributed by atoms with Gasteiger partial charge in [0, 0.05) is 0 Å². The molecule has 0 spiro atoms. The first-order valence-electron chi connectivity index (χ1n) is 6.66. The van der Waals surface area contributed by atoms with Gasteiger partial charge in [0.15, 0.2) is 0 Å². The average Bonchev–Trinajstić information content (AvgIpc) is 2.45. The fraction of sp³-hybridized carbons (Fsp3) is 0.235. The number of benzene rings is 2. The first kappa shape index (κ1) is 14.3. The molecule has 0 aromatic heterocycles. The Balaban J connectivity index is 2.16. The third-order valence-corrected chi connectivity index (χ3v) is 3.39. The number of nitrogens with one attached hydrogen (secondary N) is 1. The fourth-order valence-corrected chi connectivity index (χ4v) is 2.21. The summed E-state index contributed by atoms with van der Waals surface area (Å²) in [6.45, 7) is 2.07. The first-order chi connectivity index (χ1) is 9.60. The highest BCUT2D eigenvalue weighted by molar-refractivity contribution is 5.74. The van der Waals surface area contributed by atoms with Gasteiger partial charge in [0.2, 0.25) is 0 Å². The van der Waals surface area contributed by atoms with E-state index in [2.05, 4.69) is 30.4 Å². The van der Waals surface area contributed by atoms with Crippen molar-refractivity contribution in [1.82, 2.24) is 5.32 Å². The van der Waals surface area contributed by atoms with Gasteiger partial charge < -0.3 is 10.4 Å². The van der Waals surface area contributed by atoms with E-state index in [1.807, 2.05) is 30.3 Å². The number of aliphatic carboxylic acids is 1. The van der Waals surface area contributed by atoms with Gasteiger partial charge in [-0.05, 0) is 37.1 Å². The summed E-state index contributed by atoms with van der Waals surface area (Å²) in [6.07, 6.45) is 0.486. The van der Waals surface area contributed by atoms with Gasteiger partial charge in [0.25, 0.3) is 0 Å². The third kappa shape index (κ3) is 3.45. The van der Waals surface area contributed by atoms with Gasteiger partial charge in [-0.2, -0.15) is 0 Å². The Hall–Kier alpha value is -2.13. The Bertz CT molecular complexity index is 590. The lowest BCUT2D eigenvalue weighted by Crippen LogP contribution is -2.35. The van der Waals surface area contributed by atoms with Crippen LogP contribution in [0.4, 0.5) is 0 Å². The van der Waals surface area contributed by atoms with Crippen molar-refractivity contribution in [3.05, 3.63) is 59.7 Å². The highest BCUT2D eigenvalue weighted by Gasteiger charge is 2.14. The minimum absolute atomic E-state index is 0.486. The molecule has 20 heavy (non-hydrogen) atoms. The molecule has 0 saturated heterocycles. The molecule has 2 N–H and O–H groups in total. The maximum Gasteiger partial charge on any atom is 0.321 e. The van der Waals surface area contributed by atoms with Crippen LogP contribution in [0.2, 0.25) is 0 Å². The van der Waals surface area contributed by atoms with Gasteiger partial charge in [-0.3, -0.25) is 4.79 Å². The lowest BCUT2D eigenvalue weighted by atomic mass is 10.00. The molecule has 2 rings (SSSR count). The summed E-state index contributed by atoms with van der Waals surface area (Å²) >= 11 is 0. The average molecular weight is 269 g/mol. The summed E-state index contributed by atoms with van der Waals surface area (Å²) in [5, 5.41) is 11.8. The number of aryl methyl sites for hydroxylation is 1. The lowest BCUT2D eigenvalue weighted by molar-refractivity contribution is -0.139. The second-order valence-corrected chi connectivity index (χ2v) is 4.95. The van der Waals surface area contributed by atoms with E-state index in [9.17, 15) is 4.79 Å². The largest absolute Gasteiger partial charge is 0.480 e. The lowest BCUT2D eigenvalue weighted by Gasteiger charge is -2.11. The molecule has 3 nitrogen and oxygen atoms in total. The van der Waals surface area contributed by atoms with E-state index in [1.165, 1.54) is 11.1 Å². The quantitative estimate of drug-likeness (QED) is 0.877. The van der Waals surface area contributed by atoms with E-state index in [1.54, 1.807) is 7.05 Å². The Morgan fingerprint density at radius 2 is 1.85 bits per heavy atom. The summed E-state index contributed by atoms with van der Waals surface area (Å²) in [4.78, 5) is 11.0. The Morgan fingerprint density at radius 3 is 2.40 bits per heavy atom. The Labute approximate surface area is 119 Å². The van der Waals surface area contributed by atoms with Crippen LogP contribution in [0, 0.1) is 6.92 Å². The molecule has 0 radical (unpaired) electrons. The van der Waals surface area contributed by atoms with Gasteiger partial charge in [-0.25, -0.2) is 0 Å². The maximum absolute atomic E-state index is 11.0. The summed E-state index contributed by atoms with van der Waals surface area (Å²) in [6, 6.07) is 15.9. The van der Waals surface area contributed by atoms with E-state index in [4.69, 9.17) is 5.11 Å². The number of carboxylic acid groups (broad SMARTS) is 1. The van der Waals surface area contributed by atoms with E-state index in [0.717, 1.165) is 11.1 Å². The molecule has 0 bridgehead atoms. The van der Waals surface area contributed by atoms with Crippen LogP contribution in [0.3, 0.4) is 0 Å². The van der Waals surface area contributed by atoms with Gasteiger partial charge in [-0.15, -0.1) is 0 Å². The van der Waals surface area contributed by atoms with Crippen molar-refractivity contribution in [2.24, 2.45) is 0 Å². The number of hydrogen-bond donors (Lipinski definition) is 2. The van der Waals surface area contributed by atoms with Crippen molar-refractivity contribution in [3.63, 3.8) is 0 Å². The zero-order chi connectivity index (χ0) is 14.5. The topological polar surface area (TPSA) is 49.3 Å². The Morgan fingerprint density at radius 1 is 1.15 bits per heavy atom. The van der Waals surface area contributed by atoms with Crippen LogP contribution in [0.15, 0.2) is 48.5 Å². The predicted molar refractivity (Wildman–Crippen MR) is 80.8 cm³/mol. The molecule has 0 amide bonds. The first-order valence-corrected chi connectivity index (χ1v) is 6.66. The van der Waals surface area contributed by atoms with Crippen LogP contribution in [-0.4, -0.2) is 24.2 Å². The van der Waals surface area contributed by atoms with E-state index in [0.29, 0.717) is 6.42 Å². The standard InChI is InChI=1S/C17H19NO2/c1-12-4-3-5-15(10-12)14-8-6-13(7-9-14)11-16(18-2)17(19)20/h3-10,16,18H,11H2,1-2H3,(H,19,20). The van der Waals surface area contributed by atoms with Gasteiger partial charge in [0.1, 0.15) is 6.04 Å². The second-order valence-electron chi connectivity index (χ2n) is 4.95. The molecular formula is C17H19NO2. The van der Waals surface area contributed by atoms with Crippen molar-refractivity contribution in [1.29, 1.82) is 0 Å². The maximum atomic E-state index is 11.0. The normalized spacial score (nSPS) is 12.1. The third-order valence-electron chi connectivity index (χ3n) is 3.39. The summed E-state index contributed by atoms with van der Waals surface area (Å²) in [7, 11) is 1.67. The molecule has 0 fully saturated rings. The molecule has 1 atom stereocenters. The molecule has 0 aliphatic heterocycles. The molecule has 1 unspecified atom stereocenters. The van der Waals surface area contributed by atoms with E-state index >= 15 is 0 Å². The van der Waals surface area contributed by atoms with Crippen LogP contribution in [0.25, 0.3) is 11.1 Å². The van der Waals surface area contributed by atoms with Crippen molar-refractivity contribution in [3.8, 4) is 11.1 Å². The smallest absolute Gasteiger partial charge is 0.321 e. The van der Waals surface area contributed by atoms with E-state index < -0.39 is 12.0 Å². The van der Waals surface area contributed by atoms with Gasteiger partial charge >= 0.3 is 5.97 Å². The molecule has 3 heteroatoms. The summed E-state index contributed by atoms with van der Waals surface area (Å²) in [5.41, 5.74) is 4.57. The fourth-order valence-electron chi connectivity index (χ4n) is 2.21. The molecule has 0 heterocycles. The van der Waals surface area contributed by atoms with Crippen LogP contribution in [0.1, 0.15) is 11.1 Å². The van der Waals surface area contributed by atoms with Crippen LogP contribution >= 0.6 is 0 Å². The number of hydrogen-bond acceptors (Lipinski definition) is 2. The molecule has 104 valence electrons. The second kappa shape index (κ2) is 6.35. The highest BCUT2D eigenvalue weighted by atomic mass is 16.4. The Kier molecular flexibility index (Phi) is 4.53. The monoisotopic (exact) mass is 269 g/mol. The molecule has 0 saturated carbocycles. The number of likely N-dealkylation sites (N-methyl/N-ethyl adjacent to an activating group) is 1. The van der Waals surface area contributed by atoms with Gasteiger partial charge in [-0.1, -0.05) is 54.1 Å². The van der Waals surface area contributed by atoms with Crippen molar-refractivity contribution < 1.29 is 9.90 Å². The summed E-state index contributed by atoms with van der Waals surface area (Å²) < 4.78 is 0. The number of carboxylic acids is 1. The zero-order valence-electron chi connectivity index (χ0n) is 11.8. The minimum atomic E-state index is -0.824. The van der Waals surface area contributed by atoms with Crippen molar-refractivity contribution >= 4 is 5.97 Å². The summed E-state index contributed by atoms with van der Waals surface area (Å²) in [5.74, 6) is -0.824. The number of rotatable bonds is 5. The molecule has 0 aliphatic rings. The van der Waals surface area contributed by atoms with Crippen molar-refractivity contribution in [2.45, 2.75) is 19.4 Å². The zero-order valence-corrected chi connectivity index (χ0v) is 11.8. The van der Waals surface area contributed by atoms with Gasteiger partial charge in [0.05, 0.1) is 0 Å². The number of carbonyl (C=O) groups is 1. The minimum Gasteiger partial charge on any atom is -0.480 e. The SMILES string of the molecule is CNC(Cc1ccc(-c2cccc(C)c2)cc1)C(=O)O. The van der Waals surface area contributed by atoms with Crippen LogP contribution < -0.4 is 5.32 Å². The van der Waals surface area contributed by atoms with Crippen LogP contribution in [-0.2, 0) is 11.2 Å². The van der Waals surface area contributed by atoms with E-state index in [-0.39, 0.29) is 0 Å².